The highest BCUT2D eigenvalue weighted by atomic mass is 35.5. The predicted molar refractivity (Wildman–Crippen MR) is 76.1 cm³/mol. The first kappa shape index (κ1) is 12.9. The topological polar surface area (TPSA) is 87.7 Å². The highest BCUT2D eigenvalue weighted by Gasteiger charge is 2.19. The lowest BCUT2D eigenvalue weighted by Crippen LogP contribution is -2.12. The minimum Gasteiger partial charge on any atom is -0.345 e. The van der Waals surface area contributed by atoms with Gasteiger partial charge in [0.25, 0.3) is 10.0 Å². The second-order valence-electron chi connectivity index (χ2n) is 4.03. The number of H-pyrrole nitrogens is 1. The molecule has 0 fully saturated rings. The highest BCUT2D eigenvalue weighted by molar-refractivity contribution is 7.93. The molecule has 3 aromatic heterocycles. The van der Waals surface area contributed by atoms with Gasteiger partial charge in [-0.05, 0) is 24.3 Å². The fraction of sp³-hybridized carbons (Fsp3) is 0. The average Bonchev–Trinajstić information content (AvgIpc) is 2.82. The van der Waals surface area contributed by atoms with Crippen LogP contribution in [0.2, 0.25) is 5.15 Å². The van der Waals surface area contributed by atoms with Crippen LogP contribution in [0.15, 0.2) is 47.8 Å². The first-order valence-electron chi connectivity index (χ1n) is 5.63. The summed E-state index contributed by atoms with van der Waals surface area (Å²) < 4.78 is 27.2. The number of aromatic amines is 1. The molecule has 0 amide bonds. The van der Waals surface area contributed by atoms with E-state index >= 15 is 0 Å². The molecule has 0 aliphatic carbocycles. The zero-order valence-corrected chi connectivity index (χ0v) is 11.6. The molecule has 20 heavy (non-hydrogen) atoms. The van der Waals surface area contributed by atoms with Crippen molar-refractivity contribution in [3.63, 3.8) is 0 Å². The number of hydrogen-bond acceptors (Lipinski definition) is 4. The Morgan fingerprint density at radius 2 is 2.05 bits per heavy atom. The lowest BCUT2D eigenvalue weighted by molar-refractivity contribution is 0.602. The van der Waals surface area contributed by atoms with Gasteiger partial charge in [-0.25, -0.2) is 18.4 Å². The number of sulfonamides is 1. The van der Waals surface area contributed by atoms with Crippen LogP contribution in [0.3, 0.4) is 0 Å². The zero-order chi connectivity index (χ0) is 14.2. The van der Waals surface area contributed by atoms with Gasteiger partial charge in [0.05, 0.1) is 5.69 Å². The highest BCUT2D eigenvalue weighted by Crippen LogP contribution is 2.23. The van der Waals surface area contributed by atoms with Gasteiger partial charge in [-0.1, -0.05) is 11.6 Å². The van der Waals surface area contributed by atoms with Crippen molar-refractivity contribution in [2.75, 3.05) is 4.72 Å². The maximum atomic E-state index is 12.4. The molecule has 0 atom stereocenters. The van der Waals surface area contributed by atoms with E-state index in [9.17, 15) is 8.42 Å². The van der Waals surface area contributed by atoms with E-state index in [0.717, 1.165) is 0 Å². The van der Waals surface area contributed by atoms with Gasteiger partial charge in [0.15, 0.2) is 0 Å². The van der Waals surface area contributed by atoms with Crippen LogP contribution in [-0.2, 0) is 10.0 Å². The van der Waals surface area contributed by atoms with Gasteiger partial charge in [-0.2, -0.15) is 0 Å². The van der Waals surface area contributed by atoms with E-state index in [0.29, 0.717) is 16.7 Å². The van der Waals surface area contributed by atoms with Crippen molar-refractivity contribution >= 4 is 38.3 Å². The molecule has 0 saturated heterocycles. The number of rotatable bonds is 3. The number of hydrogen-bond donors (Lipinski definition) is 2. The molecule has 8 heteroatoms. The Bertz CT molecular complexity index is 876. The summed E-state index contributed by atoms with van der Waals surface area (Å²) in [4.78, 5) is 10.8. The Kier molecular flexibility index (Phi) is 3.07. The maximum Gasteiger partial charge on any atom is 0.264 e. The molecule has 102 valence electrons. The third-order valence-corrected chi connectivity index (χ3v) is 4.31. The molecule has 0 unspecified atom stereocenters. The number of aromatic nitrogens is 3. The Hall–Kier alpha value is -2.12. The molecule has 0 radical (unpaired) electrons. The van der Waals surface area contributed by atoms with Crippen LogP contribution in [0.5, 0.6) is 0 Å². The first-order chi connectivity index (χ1) is 9.56. The number of pyridine rings is 2. The van der Waals surface area contributed by atoms with E-state index in [2.05, 4.69) is 19.7 Å². The molecular formula is C12H9ClN4O2S. The molecule has 3 aromatic rings. The van der Waals surface area contributed by atoms with Crippen molar-refractivity contribution in [1.82, 2.24) is 15.0 Å². The summed E-state index contributed by atoms with van der Waals surface area (Å²) in [6.45, 7) is 0. The normalized spacial score (nSPS) is 11.7. The third-order valence-electron chi connectivity index (χ3n) is 2.68. The van der Waals surface area contributed by atoms with Crippen LogP contribution in [0.4, 0.5) is 5.69 Å². The lowest BCUT2D eigenvalue weighted by atomic mass is 10.3. The van der Waals surface area contributed by atoms with Gasteiger partial charge in [0, 0.05) is 24.0 Å². The molecule has 3 heterocycles. The summed E-state index contributed by atoms with van der Waals surface area (Å²) >= 11 is 5.73. The summed E-state index contributed by atoms with van der Waals surface area (Å²) in [6, 6.07) is 6.33. The van der Waals surface area contributed by atoms with Crippen LogP contribution in [0.1, 0.15) is 0 Å². The fourth-order valence-corrected chi connectivity index (χ4v) is 3.22. The van der Waals surface area contributed by atoms with Gasteiger partial charge < -0.3 is 4.98 Å². The Morgan fingerprint density at radius 1 is 1.20 bits per heavy atom. The molecular weight excluding hydrogens is 300 g/mol. The number of fused-ring (bicyclic) bond motifs is 1. The standard InChI is InChI=1S/C12H9ClN4O2S/c13-11-6-8(3-5-14-11)17-20(18,19)10-7-16-12-9(10)2-1-4-15-12/h1-7H,(H,14,17)(H,15,16). The SMILES string of the molecule is O=S(=O)(Nc1ccnc(Cl)c1)c1c[nH]c2ncccc12. The monoisotopic (exact) mass is 308 g/mol. The van der Waals surface area contributed by atoms with E-state index < -0.39 is 10.0 Å². The number of nitrogens with zero attached hydrogens (tertiary/aromatic N) is 2. The summed E-state index contributed by atoms with van der Waals surface area (Å²) in [5.74, 6) is 0. The zero-order valence-electron chi connectivity index (χ0n) is 10.0. The summed E-state index contributed by atoms with van der Waals surface area (Å²) in [5.41, 5.74) is 0.865. The minimum atomic E-state index is -3.72. The van der Waals surface area contributed by atoms with Gasteiger partial charge in [-0.3, -0.25) is 4.72 Å². The largest absolute Gasteiger partial charge is 0.345 e. The van der Waals surface area contributed by atoms with E-state index in [1.165, 1.54) is 24.5 Å². The quantitative estimate of drug-likeness (QED) is 0.727. The molecule has 0 aliphatic rings. The first-order valence-corrected chi connectivity index (χ1v) is 7.49. The van der Waals surface area contributed by atoms with Crippen molar-refractivity contribution < 1.29 is 8.42 Å². The van der Waals surface area contributed by atoms with Crippen LogP contribution < -0.4 is 4.72 Å². The van der Waals surface area contributed by atoms with Crippen molar-refractivity contribution in [2.24, 2.45) is 0 Å². The number of anilines is 1. The average molecular weight is 309 g/mol. The minimum absolute atomic E-state index is 0.133. The molecule has 0 spiro atoms. The number of halogens is 1. The van der Waals surface area contributed by atoms with Crippen molar-refractivity contribution in [3.8, 4) is 0 Å². The Balaban J connectivity index is 2.04. The third kappa shape index (κ3) is 2.33. The van der Waals surface area contributed by atoms with Crippen molar-refractivity contribution in [1.29, 1.82) is 0 Å². The second-order valence-corrected chi connectivity index (χ2v) is 6.06. The predicted octanol–water partition coefficient (Wildman–Crippen LogP) is 2.41. The molecule has 3 rings (SSSR count). The van der Waals surface area contributed by atoms with Gasteiger partial charge >= 0.3 is 0 Å². The van der Waals surface area contributed by atoms with Crippen LogP contribution >= 0.6 is 11.6 Å². The van der Waals surface area contributed by atoms with Crippen molar-refractivity contribution in [3.05, 3.63) is 48.0 Å². The van der Waals surface area contributed by atoms with Gasteiger partial charge in [-0.15, -0.1) is 0 Å². The molecule has 2 N–H and O–H groups in total. The fourth-order valence-electron chi connectivity index (χ4n) is 1.83. The van der Waals surface area contributed by atoms with Gasteiger partial charge in [0.2, 0.25) is 0 Å². The Labute approximate surface area is 119 Å². The molecule has 0 saturated carbocycles. The molecule has 0 aromatic carbocycles. The lowest BCUT2D eigenvalue weighted by Gasteiger charge is -2.06. The summed E-state index contributed by atoms with van der Waals surface area (Å²) in [6.07, 6.45) is 4.42. The van der Waals surface area contributed by atoms with Crippen LogP contribution in [-0.4, -0.2) is 23.4 Å². The molecule has 6 nitrogen and oxygen atoms in total. The number of nitrogens with one attached hydrogen (secondary N) is 2. The van der Waals surface area contributed by atoms with Gasteiger partial charge in [0.1, 0.15) is 15.7 Å². The molecule has 0 aliphatic heterocycles. The Morgan fingerprint density at radius 3 is 2.85 bits per heavy atom. The van der Waals surface area contributed by atoms with E-state index in [1.54, 1.807) is 18.3 Å². The summed E-state index contributed by atoms with van der Waals surface area (Å²) in [7, 11) is -3.72. The smallest absolute Gasteiger partial charge is 0.264 e. The van der Waals surface area contributed by atoms with E-state index in [4.69, 9.17) is 11.6 Å². The molecule has 0 bridgehead atoms. The van der Waals surface area contributed by atoms with Crippen LogP contribution in [0.25, 0.3) is 11.0 Å². The second kappa shape index (κ2) is 4.77. The van der Waals surface area contributed by atoms with E-state index in [1.807, 2.05) is 0 Å². The van der Waals surface area contributed by atoms with E-state index in [-0.39, 0.29) is 10.0 Å². The van der Waals surface area contributed by atoms with Crippen LogP contribution in [0, 0.1) is 0 Å². The maximum absolute atomic E-state index is 12.4. The summed E-state index contributed by atoms with van der Waals surface area (Å²) in [5, 5.41) is 0.742. The van der Waals surface area contributed by atoms with Crippen molar-refractivity contribution in [2.45, 2.75) is 4.90 Å².